The molecule has 1 amide bonds. The van der Waals surface area contributed by atoms with Crippen LogP contribution in [0.15, 0.2) is 73.1 Å². The molecule has 162 valence electrons. The third-order valence-electron chi connectivity index (χ3n) is 5.00. The van der Waals surface area contributed by atoms with Crippen molar-refractivity contribution in [3.63, 3.8) is 0 Å². The highest BCUT2D eigenvalue weighted by Crippen LogP contribution is 2.31. The fraction of sp³-hybridized carbons (Fsp3) is 0.167. The number of carbonyl (C=O) groups excluding carboxylic acids is 1. The lowest BCUT2D eigenvalue weighted by Crippen LogP contribution is -2.28. The number of carbonyl (C=O) groups is 1. The molecule has 0 aliphatic carbocycles. The largest absolute Gasteiger partial charge is 0.457 e. The molecule has 8 heteroatoms. The maximum absolute atomic E-state index is 12.0. The van der Waals surface area contributed by atoms with Crippen LogP contribution in [0.1, 0.15) is 6.92 Å². The second-order valence-corrected chi connectivity index (χ2v) is 7.23. The Morgan fingerprint density at radius 1 is 1.09 bits per heavy atom. The number of anilines is 1. The van der Waals surface area contributed by atoms with Crippen molar-refractivity contribution in [1.82, 2.24) is 24.6 Å². The molecule has 32 heavy (non-hydrogen) atoms. The van der Waals surface area contributed by atoms with E-state index in [1.54, 1.807) is 22.7 Å². The van der Waals surface area contributed by atoms with E-state index >= 15 is 0 Å². The Kier molecular flexibility index (Phi) is 6.12. The van der Waals surface area contributed by atoms with Crippen LogP contribution in [0, 0.1) is 0 Å². The van der Waals surface area contributed by atoms with Gasteiger partial charge in [-0.05, 0) is 49.4 Å². The van der Waals surface area contributed by atoms with E-state index in [9.17, 15) is 4.79 Å². The summed E-state index contributed by atoms with van der Waals surface area (Å²) in [5, 5.41) is 5.44. The summed E-state index contributed by atoms with van der Waals surface area (Å²) < 4.78 is 7.64. The number of hydrogen-bond acceptors (Lipinski definition) is 6. The SMILES string of the molecule is CC=CC(=O)N(C)CCn1nc(-c2ccc(Oc3ccccc3)cc2)c2c(N)ncnc21. The van der Waals surface area contributed by atoms with Crippen LogP contribution >= 0.6 is 0 Å². The first-order valence-corrected chi connectivity index (χ1v) is 10.2. The molecular formula is C24H24N6O2. The van der Waals surface area contributed by atoms with Gasteiger partial charge < -0.3 is 15.4 Å². The van der Waals surface area contributed by atoms with Crippen molar-refractivity contribution < 1.29 is 9.53 Å². The second-order valence-electron chi connectivity index (χ2n) is 7.23. The minimum absolute atomic E-state index is 0.0627. The lowest BCUT2D eigenvalue weighted by Gasteiger charge is -2.15. The fourth-order valence-corrected chi connectivity index (χ4v) is 3.32. The second kappa shape index (κ2) is 9.30. The highest BCUT2D eigenvalue weighted by atomic mass is 16.5. The maximum atomic E-state index is 12.0. The number of allylic oxidation sites excluding steroid dienone is 1. The summed E-state index contributed by atoms with van der Waals surface area (Å²) in [7, 11) is 1.75. The lowest BCUT2D eigenvalue weighted by molar-refractivity contribution is -0.124. The number of hydrogen-bond donors (Lipinski definition) is 1. The molecule has 2 aromatic heterocycles. The van der Waals surface area contributed by atoms with E-state index in [1.807, 2.05) is 61.5 Å². The molecule has 0 aliphatic heterocycles. The number of benzene rings is 2. The predicted molar refractivity (Wildman–Crippen MR) is 124 cm³/mol. The molecule has 2 heterocycles. The van der Waals surface area contributed by atoms with Gasteiger partial charge in [0.05, 0.1) is 11.9 Å². The first-order chi connectivity index (χ1) is 15.6. The summed E-state index contributed by atoms with van der Waals surface area (Å²) in [6.45, 7) is 2.77. The van der Waals surface area contributed by atoms with Gasteiger partial charge in [0.15, 0.2) is 5.65 Å². The van der Waals surface area contributed by atoms with E-state index in [0.29, 0.717) is 35.6 Å². The number of para-hydroxylation sites is 1. The molecule has 0 saturated heterocycles. The van der Waals surface area contributed by atoms with E-state index in [4.69, 9.17) is 15.6 Å². The van der Waals surface area contributed by atoms with Crippen molar-refractivity contribution >= 4 is 22.8 Å². The summed E-state index contributed by atoms with van der Waals surface area (Å²) in [4.78, 5) is 22.2. The van der Waals surface area contributed by atoms with E-state index in [1.165, 1.54) is 12.4 Å². The van der Waals surface area contributed by atoms with E-state index in [0.717, 1.165) is 17.1 Å². The average molecular weight is 428 g/mol. The third-order valence-corrected chi connectivity index (χ3v) is 5.00. The molecule has 4 rings (SSSR count). The van der Waals surface area contributed by atoms with Gasteiger partial charge in [-0.25, -0.2) is 14.6 Å². The van der Waals surface area contributed by atoms with Gasteiger partial charge in [0.1, 0.15) is 29.3 Å². The van der Waals surface area contributed by atoms with Crippen LogP contribution in [0.5, 0.6) is 11.5 Å². The Morgan fingerprint density at radius 2 is 1.81 bits per heavy atom. The van der Waals surface area contributed by atoms with Crippen molar-refractivity contribution in [3.8, 4) is 22.8 Å². The Morgan fingerprint density at radius 3 is 2.53 bits per heavy atom. The monoisotopic (exact) mass is 428 g/mol. The van der Waals surface area contributed by atoms with Crippen LogP contribution in [0.25, 0.3) is 22.3 Å². The minimum Gasteiger partial charge on any atom is -0.457 e. The summed E-state index contributed by atoms with van der Waals surface area (Å²) in [5.74, 6) is 1.78. The van der Waals surface area contributed by atoms with Gasteiger partial charge in [0.2, 0.25) is 5.91 Å². The quantitative estimate of drug-likeness (QED) is 0.448. The standard InChI is InChI=1S/C24H24N6O2/c1-3-7-20(31)29(2)14-15-30-24-21(23(25)26-16-27-24)22(28-30)17-10-12-19(13-11-17)32-18-8-5-4-6-9-18/h3-13,16H,14-15H2,1-2H3,(H2,25,26,27). The molecule has 0 spiro atoms. The smallest absolute Gasteiger partial charge is 0.246 e. The van der Waals surface area contributed by atoms with Crippen molar-refractivity contribution in [1.29, 1.82) is 0 Å². The summed E-state index contributed by atoms with van der Waals surface area (Å²) in [6.07, 6.45) is 4.68. The summed E-state index contributed by atoms with van der Waals surface area (Å²) >= 11 is 0. The van der Waals surface area contributed by atoms with Gasteiger partial charge in [-0.3, -0.25) is 4.79 Å². The van der Waals surface area contributed by atoms with Gasteiger partial charge in [0.25, 0.3) is 0 Å². The molecule has 0 atom stereocenters. The van der Waals surface area contributed by atoms with Crippen molar-refractivity contribution in [2.45, 2.75) is 13.5 Å². The van der Waals surface area contributed by atoms with Crippen LogP contribution in [0.3, 0.4) is 0 Å². The number of ether oxygens (including phenoxy) is 1. The number of amides is 1. The molecule has 0 fully saturated rings. The van der Waals surface area contributed by atoms with Crippen LogP contribution in [0.4, 0.5) is 5.82 Å². The van der Waals surface area contributed by atoms with E-state index in [-0.39, 0.29) is 5.91 Å². The molecule has 0 saturated carbocycles. The number of nitrogens with zero attached hydrogens (tertiary/aromatic N) is 5. The number of rotatable bonds is 7. The van der Waals surface area contributed by atoms with Gasteiger partial charge in [-0.15, -0.1) is 0 Å². The van der Waals surface area contributed by atoms with Crippen LogP contribution < -0.4 is 10.5 Å². The van der Waals surface area contributed by atoms with Gasteiger partial charge in [0, 0.05) is 19.2 Å². The average Bonchev–Trinajstić information content (AvgIpc) is 3.19. The lowest BCUT2D eigenvalue weighted by atomic mass is 10.1. The highest BCUT2D eigenvalue weighted by molar-refractivity contribution is 5.98. The normalized spacial score (nSPS) is 11.2. The number of fused-ring (bicyclic) bond motifs is 1. The van der Waals surface area contributed by atoms with Gasteiger partial charge in [-0.1, -0.05) is 24.3 Å². The number of nitrogen functional groups attached to an aromatic ring is 1. The first kappa shape index (κ1) is 21.0. The molecular weight excluding hydrogens is 404 g/mol. The number of aromatic nitrogens is 4. The summed E-state index contributed by atoms with van der Waals surface area (Å²) in [5.41, 5.74) is 8.37. The number of likely N-dealkylation sites (N-methyl/N-ethyl adjacent to an activating group) is 1. The predicted octanol–water partition coefficient (Wildman–Crippen LogP) is 3.90. The van der Waals surface area contributed by atoms with Gasteiger partial charge >= 0.3 is 0 Å². The summed E-state index contributed by atoms with van der Waals surface area (Å²) in [6, 6.07) is 17.2. The molecule has 0 bridgehead atoms. The Hall–Kier alpha value is -4.20. The molecule has 0 aliphatic rings. The zero-order valence-electron chi connectivity index (χ0n) is 18.0. The molecule has 0 unspecified atom stereocenters. The molecule has 2 aromatic carbocycles. The Balaban J connectivity index is 1.62. The van der Waals surface area contributed by atoms with Crippen LogP contribution in [-0.2, 0) is 11.3 Å². The zero-order valence-corrected chi connectivity index (χ0v) is 18.0. The van der Waals surface area contributed by atoms with Crippen LogP contribution in [-0.4, -0.2) is 44.1 Å². The third kappa shape index (κ3) is 4.44. The molecule has 2 N–H and O–H groups in total. The maximum Gasteiger partial charge on any atom is 0.246 e. The fourth-order valence-electron chi connectivity index (χ4n) is 3.32. The Labute approximate surface area is 186 Å². The number of nitrogens with two attached hydrogens (primary N) is 1. The topological polar surface area (TPSA) is 99.2 Å². The van der Waals surface area contributed by atoms with Gasteiger partial charge in [-0.2, -0.15) is 5.10 Å². The molecule has 4 aromatic rings. The van der Waals surface area contributed by atoms with Crippen molar-refractivity contribution in [3.05, 3.63) is 73.1 Å². The van der Waals surface area contributed by atoms with Crippen LogP contribution in [0.2, 0.25) is 0 Å². The first-order valence-electron chi connectivity index (χ1n) is 10.2. The zero-order chi connectivity index (χ0) is 22.5. The van der Waals surface area contributed by atoms with E-state index in [2.05, 4.69) is 9.97 Å². The Bertz CT molecular complexity index is 1250. The molecule has 8 nitrogen and oxygen atoms in total. The highest BCUT2D eigenvalue weighted by Gasteiger charge is 2.17. The van der Waals surface area contributed by atoms with Crippen molar-refractivity contribution in [2.75, 3.05) is 19.3 Å². The molecule has 0 radical (unpaired) electrons. The van der Waals surface area contributed by atoms with E-state index < -0.39 is 0 Å². The van der Waals surface area contributed by atoms with Crippen molar-refractivity contribution in [2.24, 2.45) is 0 Å². The minimum atomic E-state index is -0.0627.